The first-order valence-electron chi connectivity index (χ1n) is 8.76. The highest BCUT2D eigenvalue weighted by Gasteiger charge is 2.39. The molecular formula is C15H36O11Si2. The van der Waals surface area contributed by atoms with Gasteiger partial charge >= 0.3 is 17.6 Å². The van der Waals surface area contributed by atoms with Gasteiger partial charge in [0.1, 0.15) is 18.6 Å². The van der Waals surface area contributed by atoms with Gasteiger partial charge in [-0.15, -0.1) is 0 Å². The Balaban J connectivity index is 3.85. The molecule has 0 rings (SSSR count). The van der Waals surface area contributed by atoms with Gasteiger partial charge in [0, 0.05) is 49.3 Å². The summed E-state index contributed by atoms with van der Waals surface area (Å²) in [5.41, 5.74) is 0. The zero-order valence-corrected chi connectivity index (χ0v) is 19.7. The van der Waals surface area contributed by atoms with Crippen molar-refractivity contribution in [3.8, 4) is 0 Å². The molecule has 0 aromatic rings. The molecule has 0 saturated heterocycles. The second-order valence-corrected chi connectivity index (χ2v) is 11.6. The summed E-state index contributed by atoms with van der Waals surface area (Å²) in [6.45, 7) is 0.476. The van der Waals surface area contributed by atoms with Crippen molar-refractivity contribution in [3.05, 3.63) is 0 Å². The maximum absolute atomic E-state index is 9.91. The van der Waals surface area contributed by atoms with Crippen molar-refractivity contribution in [2.24, 2.45) is 0 Å². The van der Waals surface area contributed by atoms with Gasteiger partial charge in [-0.05, 0) is 6.42 Å². The molecule has 2 N–H and O–H groups in total. The minimum Gasteiger partial charge on any atom is -0.391 e. The molecule has 0 aromatic heterocycles. The fraction of sp³-hybridized carbons (Fsp3) is 1.00. The van der Waals surface area contributed by atoms with Gasteiger partial charge in [0.05, 0.1) is 25.9 Å². The number of aliphatic hydroxyl groups is 2. The molecule has 11 nitrogen and oxygen atoms in total. The third-order valence-corrected chi connectivity index (χ3v) is 8.80. The molecule has 0 aromatic carbocycles. The fourth-order valence-electron chi connectivity index (χ4n) is 2.06. The van der Waals surface area contributed by atoms with Gasteiger partial charge in [-0.1, -0.05) is 0 Å². The highest BCUT2D eigenvalue weighted by molar-refractivity contribution is 6.60. The third-order valence-electron chi connectivity index (χ3n) is 3.95. The lowest BCUT2D eigenvalue weighted by atomic mass is 10.3. The van der Waals surface area contributed by atoms with Crippen LogP contribution in [0.25, 0.3) is 0 Å². The molecule has 0 aliphatic heterocycles. The van der Waals surface area contributed by atoms with Gasteiger partial charge in [-0.3, -0.25) is 0 Å². The van der Waals surface area contributed by atoms with Gasteiger partial charge in [-0.2, -0.15) is 0 Å². The smallest absolute Gasteiger partial charge is 0.391 e. The van der Waals surface area contributed by atoms with E-state index >= 15 is 0 Å². The first-order chi connectivity index (χ1) is 13.4. The van der Waals surface area contributed by atoms with Crippen LogP contribution in [0.5, 0.6) is 0 Å². The van der Waals surface area contributed by atoms with Gasteiger partial charge in [0.25, 0.3) is 0 Å². The van der Waals surface area contributed by atoms with Crippen molar-refractivity contribution in [1.29, 1.82) is 0 Å². The Kier molecular flexibility index (Phi) is 15.8. The quantitative estimate of drug-likeness (QED) is 0.186. The first-order valence-corrected chi connectivity index (χ1v) is 12.6. The number of hydrogen-bond donors (Lipinski definition) is 2. The summed E-state index contributed by atoms with van der Waals surface area (Å²) in [5, 5.41) is 19.8. The molecule has 0 saturated carbocycles. The zero-order valence-electron chi connectivity index (χ0n) is 17.7. The van der Waals surface area contributed by atoms with Crippen molar-refractivity contribution in [2.75, 3.05) is 81.5 Å². The molecule has 0 fully saturated rings. The van der Waals surface area contributed by atoms with E-state index in [2.05, 4.69) is 0 Å². The maximum Gasteiger partial charge on any atom is 0.527 e. The first kappa shape index (κ1) is 28.0. The van der Waals surface area contributed by atoms with E-state index < -0.39 is 29.8 Å². The highest BCUT2D eigenvalue weighted by atomic mass is 28.4. The summed E-state index contributed by atoms with van der Waals surface area (Å²) >= 11 is 0. The summed E-state index contributed by atoms with van der Waals surface area (Å²) in [5.74, 6) is 0. The van der Waals surface area contributed by atoms with E-state index in [-0.39, 0.29) is 38.9 Å². The lowest BCUT2D eigenvalue weighted by Gasteiger charge is -2.24. The van der Waals surface area contributed by atoms with Crippen molar-refractivity contribution >= 4 is 17.6 Å². The van der Waals surface area contributed by atoms with E-state index in [9.17, 15) is 10.2 Å². The van der Waals surface area contributed by atoms with Crippen molar-refractivity contribution in [2.45, 2.75) is 18.6 Å². The summed E-state index contributed by atoms with van der Waals surface area (Å²) in [4.78, 5) is 0. The Bertz CT molecular complexity index is 319. The lowest BCUT2D eigenvalue weighted by molar-refractivity contribution is -0.0338. The normalized spacial score (nSPS) is 15.0. The predicted molar refractivity (Wildman–Crippen MR) is 103 cm³/mol. The van der Waals surface area contributed by atoms with Crippen LogP contribution in [0.2, 0.25) is 0 Å². The number of aliphatic hydroxyl groups excluding tert-OH is 2. The zero-order chi connectivity index (χ0) is 21.5. The van der Waals surface area contributed by atoms with Crippen LogP contribution >= 0.6 is 0 Å². The van der Waals surface area contributed by atoms with Crippen molar-refractivity contribution in [3.63, 3.8) is 0 Å². The molecule has 2 atom stereocenters. The topological polar surface area (TPSA) is 124 Å². The lowest BCUT2D eigenvalue weighted by Crippen LogP contribution is -2.48. The SMILES string of the molecule is CO[Si](COCC(O)CCOCC(O)COC[Si](OC)(OC)OC)(OC)OC. The van der Waals surface area contributed by atoms with Gasteiger partial charge in [0.15, 0.2) is 0 Å². The van der Waals surface area contributed by atoms with E-state index in [1.54, 1.807) is 0 Å². The summed E-state index contributed by atoms with van der Waals surface area (Å²) in [6.07, 6.45) is -0.925. The van der Waals surface area contributed by atoms with E-state index in [1.807, 2.05) is 0 Å². The summed E-state index contributed by atoms with van der Waals surface area (Å²) < 4.78 is 47.4. The Morgan fingerprint density at radius 3 is 1.32 bits per heavy atom. The maximum atomic E-state index is 9.91. The number of rotatable bonds is 19. The summed E-state index contributed by atoms with van der Waals surface area (Å²) in [6, 6.07) is 0. The Morgan fingerprint density at radius 2 is 0.929 bits per heavy atom. The van der Waals surface area contributed by atoms with Crippen LogP contribution in [-0.4, -0.2) is 122 Å². The fourth-order valence-corrected chi connectivity index (χ4v) is 4.51. The molecule has 0 radical (unpaired) electrons. The standard InChI is InChI=1S/C15H36O11Si2/c1-18-27(19-2,20-3)12-25-9-14(16)7-8-24-10-15(17)11-26-13-28(21-4,22-5)23-6/h14-17H,7-13H2,1-6H3. The average Bonchev–Trinajstić information content (AvgIpc) is 2.72. The van der Waals surface area contributed by atoms with E-state index in [0.29, 0.717) is 6.42 Å². The van der Waals surface area contributed by atoms with Crippen molar-refractivity contribution < 1.29 is 51.0 Å². The molecule has 0 amide bonds. The minimum absolute atomic E-state index is 0.0499. The van der Waals surface area contributed by atoms with Crippen LogP contribution in [0.3, 0.4) is 0 Å². The van der Waals surface area contributed by atoms with Crippen LogP contribution in [0.4, 0.5) is 0 Å². The van der Waals surface area contributed by atoms with Crippen LogP contribution in [0, 0.1) is 0 Å². The van der Waals surface area contributed by atoms with Gasteiger partial charge < -0.3 is 51.0 Å². The predicted octanol–water partition coefficient (Wildman–Crippen LogP) is -1.02. The van der Waals surface area contributed by atoms with E-state index in [1.165, 1.54) is 42.7 Å². The number of hydrogen-bond acceptors (Lipinski definition) is 11. The van der Waals surface area contributed by atoms with Crippen LogP contribution < -0.4 is 0 Å². The second-order valence-electron chi connectivity index (χ2n) is 5.79. The Labute approximate surface area is 169 Å². The molecule has 0 heterocycles. The molecule has 28 heavy (non-hydrogen) atoms. The highest BCUT2D eigenvalue weighted by Crippen LogP contribution is 2.08. The Hall–Kier alpha value is -0.00623. The van der Waals surface area contributed by atoms with E-state index in [0.717, 1.165) is 0 Å². The minimum atomic E-state index is -2.82. The third kappa shape index (κ3) is 10.7. The molecule has 170 valence electrons. The molecule has 0 aliphatic rings. The molecule has 0 spiro atoms. The van der Waals surface area contributed by atoms with Crippen LogP contribution in [-0.2, 0) is 40.8 Å². The molecular weight excluding hydrogens is 412 g/mol. The average molecular weight is 449 g/mol. The monoisotopic (exact) mass is 448 g/mol. The van der Waals surface area contributed by atoms with Crippen LogP contribution in [0.1, 0.15) is 6.42 Å². The van der Waals surface area contributed by atoms with E-state index in [4.69, 9.17) is 40.8 Å². The number of ether oxygens (including phenoxy) is 3. The van der Waals surface area contributed by atoms with Gasteiger partial charge in [0.2, 0.25) is 0 Å². The second kappa shape index (κ2) is 15.8. The molecule has 13 heteroatoms. The molecule has 2 unspecified atom stereocenters. The van der Waals surface area contributed by atoms with Crippen LogP contribution in [0.15, 0.2) is 0 Å². The molecule has 0 bridgehead atoms. The Morgan fingerprint density at radius 1 is 0.571 bits per heavy atom. The van der Waals surface area contributed by atoms with Crippen molar-refractivity contribution in [1.82, 2.24) is 0 Å². The van der Waals surface area contributed by atoms with Gasteiger partial charge in [-0.25, -0.2) is 0 Å². The molecule has 0 aliphatic carbocycles. The largest absolute Gasteiger partial charge is 0.527 e. The summed E-state index contributed by atoms with van der Waals surface area (Å²) in [7, 11) is 3.30.